The van der Waals surface area contributed by atoms with Gasteiger partial charge in [-0.1, -0.05) is 13.8 Å². The Morgan fingerprint density at radius 3 is 2.30 bits per heavy atom. The number of carbonyl (C=O) groups excluding carboxylic acids is 2. The number of rotatable bonds is 5. The van der Waals surface area contributed by atoms with Crippen molar-refractivity contribution in [3.63, 3.8) is 0 Å². The second-order valence-corrected chi connectivity index (χ2v) is 6.21. The SMILES string of the molecule is CC(C)[C@H](N)C(=O)N1CCN(CC(=O)NC2CC2)CC1. The molecular weight excluding hydrogens is 256 g/mol. The number of carbonyl (C=O) groups is 2. The molecule has 114 valence electrons. The average molecular weight is 282 g/mol. The van der Waals surface area contributed by atoms with Gasteiger partial charge in [-0.15, -0.1) is 0 Å². The molecule has 0 radical (unpaired) electrons. The van der Waals surface area contributed by atoms with Gasteiger partial charge in [-0.25, -0.2) is 0 Å². The first-order valence-corrected chi connectivity index (χ1v) is 7.53. The normalized spacial score (nSPS) is 21.9. The van der Waals surface area contributed by atoms with Crippen LogP contribution in [0.5, 0.6) is 0 Å². The summed E-state index contributed by atoms with van der Waals surface area (Å²) in [6.07, 6.45) is 2.22. The number of hydrogen-bond acceptors (Lipinski definition) is 4. The topological polar surface area (TPSA) is 78.7 Å². The van der Waals surface area contributed by atoms with Gasteiger partial charge in [-0.2, -0.15) is 0 Å². The van der Waals surface area contributed by atoms with Crippen LogP contribution < -0.4 is 11.1 Å². The minimum absolute atomic E-state index is 0.0297. The molecule has 0 spiro atoms. The van der Waals surface area contributed by atoms with Crippen molar-refractivity contribution in [1.29, 1.82) is 0 Å². The molecule has 1 aliphatic heterocycles. The summed E-state index contributed by atoms with van der Waals surface area (Å²) in [5.41, 5.74) is 5.90. The first-order chi connectivity index (χ1) is 9.47. The Hall–Kier alpha value is -1.14. The third kappa shape index (κ3) is 4.18. The molecule has 6 nitrogen and oxygen atoms in total. The highest BCUT2D eigenvalue weighted by atomic mass is 16.2. The Labute approximate surface area is 120 Å². The van der Waals surface area contributed by atoms with E-state index in [0.717, 1.165) is 25.9 Å². The van der Waals surface area contributed by atoms with Crippen molar-refractivity contribution in [1.82, 2.24) is 15.1 Å². The maximum Gasteiger partial charge on any atom is 0.239 e. The highest BCUT2D eigenvalue weighted by Gasteiger charge is 2.28. The van der Waals surface area contributed by atoms with Gasteiger partial charge in [0.2, 0.25) is 11.8 Å². The summed E-state index contributed by atoms with van der Waals surface area (Å²) in [5, 5.41) is 2.99. The zero-order valence-electron chi connectivity index (χ0n) is 12.5. The Morgan fingerprint density at radius 1 is 1.20 bits per heavy atom. The molecule has 1 atom stereocenters. The lowest BCUT2D eigenvalue weighted by atomic mass is 10.0. The van der Waals surface area contributed by atoms with Gasteiger partial charge in [0, 0.05) is 32.2 Å². The lowest BCUT2D eigenvalue weighted by Gasteiger charge is -2.36. The number of piperazine rings is 1. The van der Waals surface area contributed by atoms with Crippen LogP contribution in [-0.2, 0) is 9.59 Å². The van der Waals surface area contributed by atoms with Crippen LogP contribution in [0.3, 0.4) is 0 Å². The lowest BCUT2D eigenvalue weighted by molar-refractivity contribution is -0.135. The summed E-state index contributed by atoms with van der Waals surface area (Å²) in [6.45, 7) is 7.17. The summed E-state index contributed by atoms with van der Waals surface area (Å²) in [4.78, 5) is 27.8. The summed E-state index contributed by atoms with van der Waals surface area (Å²) in [7, 11) is 0. The number of amides is 2. The Morgan fingerprint density at radius 2 is 1.80 bits per heavy atom. The average Bonchev–Trinajstić information content (AvgIpc) is 3.21. The van der Waals surface area contributed by atoms with Crippen molar-refractivity contribution < 1.29 is 9.59 Å². The number of nitrogens with zero attached hydrogens (tertiary/aromatic N) is 2. The molecule has 6 heteroatoms. The molecule has 1 saturated heterocycles. The highest BCUT2D eigenvalue weighted by molar-refractivity contribution is 5.82. The number of nitrogens with one attached hydrogen (secondary N) is 1. The largest absolute Gasteiger partial charge is 0.352 e. The van der Waals surface area contributed by atoms with Gasteiger partial charge < -0.3 is 16.0 Å². The molecule has 0 aromatic heterocycles. The summed E-state index contributed by atoms with van der Waals surface area (Å²) in [5.74, 6) is 0.290. The quantitative estimate of drug-likeness (QED) is 0.705. The standard InChI is InChI=1S/C14H26N4O2/c1-10(2)13(15)14(20)18-7-5-17(6-8-18)9-12(19)16-11-3-4-11/h10-11,13H,3-9,15H2,1-2H3,(H,16,19)/t13-/m0/s1. The molecule has 20 heavy (non-hydrogen) atoms. The van der Waals surface area contributed by atoms with Crippen LogP contribution in [0.25, 0.3) is 0 Å². The van der Waals surface area contributed by atoms with Crippen molar-refractivity contribution in [2.75, 3.05) is 32.7 Å². The minimum atomic E-state index is -0.417. The van der Waals surface area contributed by atoms with Gasteiger partial charge in [0.15, 0.2) is 0 Å². The summed E-state index contributed by atoms with van der Waals surface area (Å²) in [6, 6.07) is -0.00544. The summed E-state index contributed by atoms with van der Waals surface area (Å²) < 4.78 is 0. The molecule has 0 bridgehead atoms. The molecule has 0 unspecified atom stereocenters. The van der Waals surface area contributed by atoms with Crippen molar-refractivity contribution >= 4 is 11.8 Å². The van der Waals surface area contributed by atoms with Gasteiger partial charge in [-0.3, -0.25) is 14.5 Å². The molecular formula is C14H26N4O2. The second-order valence-electron chi connectivity index (χ2n) is 6.21. The molecule has 0 aromatic rings. The van der Waals surface area contributed by atoms with Crippen molar-refractivity contribution in [3.8, 4) is 0 Å². The van der Waals surface area contributed by atoms with Crippen molar-refractivity contribution in [2.24, 2.45) is 11.7 Å². The maximum atomic E-state index is 12.1. The molecule has 2 amide bonds. The molecule has 1 heterocycles. The monoisotopic (exact) mass is 282 g/mol. The second kappa shape index (κ2) is 6.54. The fourth-order valence-corrected chi connectivity index (χ4v) is 2.33. The molecule has 2 rings (SSSR count). The van der Waals surface area contributed by atoms with Crippen LogP contribution in [0, 0.1) is 5.92 Å². The highest BCUT2D eigenvalue weighted by Crippen LogP contribution is 2.18. The fraction of sp³-hybridized carbons (Fsp3) is 0.857. The van der Waals surface area contributed by atoms with Crippen LogP contribution in [-0.4, -0.2) is 66.4 Å². The zero-order chi connectivity index (χ0) is 14.7. The van der Waals surface area contributed by atoms with E-state index in [-0.39, 0.29) is 17.7 Å². The lowest BCUT2D eigenvalue weighted by Crippen LogP contribution is -2.55. The molecule has 1 saturated carbocycles. The Bertz CT molecular complexity index is 360. The van der Waals surface area contributed by atoms with E-state index in [0.29, 0.717) is 25.7 Å². The smallest absolute Gasteiger partial charge is 0.239 e. The van der Waals surface area contributed by atoms with E-state index in [1.54, 1.807) is 0 Å². The molecule has 1 aliphatic carbocycles. The molecule has 2 fully saturated rings. The van der Waals surface area contributed by atoms with E-state index in [1.165, 1.54) is 0 Å². The van der Waals surface area contributed by atoms with Gasteiger partial charge >= 0.3 is 0 Å². The van der Waals surface area contributed by atoms with Gasteiger partial charge in [-0.05, 0) is 18.8 Å². The van der Waals surface area contributed by atoms with E-state index >= 15 is 0 Å². The number of nitrogens with two attached hydrogens (primary N) is 1. The Kier molecular flexibility index (Phi) is 4.99. The van der Waals surface area contributed by atoms with E-state index in [4.69, 9.17) is 5.73 Å². The van der Waals surface area contributed by atoms with Crippen LogP contribution in [0.4, 0.5) is 0 Å². The van der Waals surface area contributed by atoms with Crippen molar-refractivity contribution in [2.45, 2.75) is 38.8 Å². The first kappa shape index (κ1) is 15.3. The van der Waals surface area contributed by atoms with Crippen LogP contribution in [0.1, 0.15) is 26.7 Å². The van der Waals surface area contributed by atoms with E-state index in [2.05, 4.69) is 10.2 Å². The van der Waals surface area contributed by atoms with Gasteiger partial charge in [0.05, 0.1) is 12.6 Å². The zero-order valence-corrected chi connectivity index (χ0v) is 12.5. The fourth-order valence-electron chi connectivity index (χ4n) is 2.33. The van der Waals surface area contributed by atoms with Crippen LogP contribution >= 0.6 is 0 Å². The van der Waals surface area contributed by atoms with Crippen LogP contribution in [0.2, 0.25) is 0 Å². The van der Waals surface area contributed by atoms with Crippen LogP contribution in [0.15, 0.2) is 0 Å². The molecule has 0 aromatic carbocycles. The number of hydrogen-bond donors (Lipinski definition) is 2. The minimum Gasteiger partial charge on any atom is -0.352 e. The molecule has 2 aliphatic rings. The van der Waals surface area contributed by atoms with Gasteiger partial charge in [0.25, 0.3) is 0 Å². The van der Waals surface area contributed by atoms with E-state index in [9.17, 15) is 9.59 Å². The Balaban J connectivity index is 1.71. The maximum absolute atomic E-state index is 12.1. The predicted molar refractivity (Wildman–Crippen MR) is 77.0 cm³/mol. The third-order valence-electron chi connectivity index (χ3n) is 4.00. The predicted octanol–water partition coefficient (Wildman–Crippen LogP) is -0.607. The van der Waals surface area contributed by atoms with Crippen molar-refractivity contribution in [3.05, 3.63) is 0 Å². The summed E-state index contributed by atoms with van der Waals surface area (Å²) >= 11 is 0. The third-order valence-corrected chi connectivity index (χ3v) is 4.00. The first-order valence-electron chi connectivity index (χ1n) is 7.53. The van der Waals surface area contributed by atoms with E-state index in [1.807, 2.05) is 18.7 Å². The van der Waals surface area contributed by atoms with Gasteiger partial charge in [0.1, 0.15) is 0 Å². The van der Waals surface area contributed by atoms with E-state index < -0.39 is 6.04 Å². The molecule has 3 N–H and O–H groups in total.